The molecular weight excluding hydrogens is 328 g/mol. The van der Waals surface area contributed by atoms with Gasteiger partial charge in [0.05, 0.1) is 35.4 Å². The molecule has 0 aliphatic heterocycles. The topological polar surface area (TPSA) is 77.9 Å². The van der Waals surface area contributed by atoms with E-state index in [-0.39, 0.29) is 0 Å². The molecule has 26 heavy (non-hydrogen) atoms. The number of hydrogen-bond donors (Lipinski definition) is 1. The average molecular weight is 344 g/mol. The third kappa shape index (κ3) is 2.23. The van der Waals surface area contributed by atoms with Crippen LogP contribution in [0.3, 0.4) is 0 Å². The molecule has 8 heteroatoms. The molecule has 0 atom stereocenters. The Morgan fingerprint density at radius 2 is 1.96 bits per heavy atom. The van der Waals surface area contributed by atoms with E-state index in [4.69, 9.17) is 0 Å². The van der Waals surface area contributed by atoms with Gasteiger partial charge in [0.15, 0.2) is 11.5 Å². The van der Waals surface area contributed by atoms with Crippen LogP contribution < -0.4 is 5.32 Å². The summed E-state index contributed by atoms with van der Waals surface area (Å²) >= 11 is 0. The third-order valence-electron chi connectivity index (χ3n) is 4.42. The molecule has 0 fully saturated rings. The standard InChI is InChI=1S/C18H16N8/c1-24-11-21-14-7-13(3-4-15(14)24)23-17-18-20-9-16(26(18)6-5-19-17)12-8-22-25(2)10-12/h3-11H,1-2H3,(H,19,23). The minimum Gasteiger partial charge on any atom is -0.337 e. The smallest absolute Gasteiger partial charge is 0.180 e. The third-order valence-corrected chi connectivity index (χ3v) is 4.42. The van der Waals surface area contributed by atoms with Gasteiger partial charge in [0, 0.05) is 43.9 Å². The zero-order valence-corrected chi connectivity index (χ0v) is 14.3. The van der Waals surface area contributed by atoms with Crippen molar-refractivity contribution < 1.29 is 0 Å². The van der Waals surface area contributed by atoms with E-state index in [0.29, 0.717) is 5.82 Å². The summed E-state index contributed by atoms with van der Waals surface area (Å²) in [5.41, 5.74) is 5.67. The van der Waals surface area contributed by atoms with E-state index in [2.05, 4.69) is 25.4 Å². The number of rotatable bonds is 3. The molecule has 0 spiro atoms. The van der Waals surface area contributed by atoms with Crippen LogP contribution in [0.15, 0.2) is 55.5 Å². The maximum atomic E-state index is 4.55. The van der Waals surface area contributed by atoms with E-state index in [9.17, 15) is 0 Å². The lowest BCUT2D eigenvalue weighted by atomic mass is 10.2. The Bertz CT molecular complexity index is 1240. The summed E-state index contributed by atoms with van der Waals surface area (Å²) in [5.74, 6) is 0.693. The molecule has 5 rings (SSSR count). The lowest BCUT2D eigenvalue weighted by molar-refractivity contribution is 0.768. The van der Waals surface area contributed by atoms with Crippen LogP contribution in [0.1, 0.15) is 0 Å². The van der Waals surface area contributed by atoms with E-state index in [1.165, 1.54) is 0 Å². The highest BCUT2D eigenvalue weighted by molar-refractivity contribution is 5.82. The number of aromatic nitrogens is 7. The Hall–Kier alpha value is -3.68. The number of benzene rings is 1. The molecule has 1 aromatic carbocycles. The summed E-state index contributed by atoms with van der Waals surface area (Å²) in [7, 11) is 3.88. The maximum Gasteiger partial charge on any atom is 0.180 e. The van der Waals surface area contributed by atoms with Gasteiger partial charge in [-0.1, -0.05) is 0 Å². The van der Waals surface area contributed by atoms with Gasteiger partial charge in [0.2, 0.25) is 0 Å². The summed E-state index contributed by atoms with van der Waals surface area (Å²) in [5, 5.41) is 7.59. The van der Waals surface area contributed by atoms with Gasteiger partial charge in [-0.3, -0.25) is 9.08 Å². The fourth-order valence-electron chi connectivity index (χ4n) is 3.13. The van der Waals surface area contributed by atoms with Gasteiger partial charge in [-0.2, -0.15) is 5.10 Å². The molecule has 4 aromatic heterocycles. The Morgan fingerprint density at radius 3 is 2.81 bits per heavy atom. The number of nitrogens with zero attached hydrogens (tertiary/aromatic N) is 7. The second-order valence-corrected chi connectivity index (χ2v) is 6.20. The summed E-state index contributed by atoms with van der Waals surface area (Å²) in [6, 6.07) is 6.06. The first-order valence-electron chi connectivity index (χ1n) is 8.18. The van der Waals surface area contributed by atoms with Gasteiger partial charge in [0.1, 0.15) is 0 Å². The molecule has 0 amide bonds. The fourth-order valence-corrected chi connectivity index (χ4v) is 3.13. The predicted octanol–water partition coefficient (Wildman–Crippen LogP) is 2.76. The van der Waals surface area contributed by atoms with Crippen molar-refractivity contribution in [2.75, 3.05) is 5.32 Å². The van der Waals surface area contributed by atoms with E-state index >= 15 is 0 Å². The van der Waals surface area contributed by atoms with Crippen LogP contribution in [0.25, 0.3) is 27.9 Å². The van der Waals surface area contributed by atoms with Gasteiger partial charge in [0.25, 0.3) is 0 Å². The van der Waals surface area contributed by atoms with Crippen LogP contribution in [0, 0.1) is 0 Å². The van der Waals surface area contributed by atoms with Gasteiger partial charge >= 0.3 is 0 Å². The van der Waals surface area contributed by atoms with Gasteiger partial charge < -0.3 is 9.88 Å². The van der Waals surface area contributed by atoms with Crippen LogP contribution in [0.5, 0.6) is 0 Å². The fraction of sp³-hybridized carbons (Fsp3) is 0.111. The zero-order valence-electron chi connectivity index (χ0n) is 14.3. The van der Waals surface area contributed by atoms with Crippen LogP contribution in [0.2, 0.25) is 0 Å². The molecule has 1 N–H and O–H groups in total. The minimum absolute atomic E-state index is 0.693. The number of fused-ring (bicyclic) bond motifs is 2. The Labute approximate surface area is 148 Å². The summed E-state index contributed by atoms with van der Waals surface area (Å²) < 4.78 is 5.77. The molecule has 5 aromatic rings. The molecule has 4 heterocycles. The van der Waals surface area contributed by atoms with Crippen LogP contribution >= 0.6 is 0 Å². The number of nitrogens with one attached hydrogen (secondary N) is 1. The Balaban J connectivity index is 1.57. The minimum atomic E-state index is 0.693. The zero-order chi connectivity index (χ0) is 17.7. The largest absolute Gasteiger partial charge is 0.337 e. The summed E-state index contributed by atoms with van der Waals surface area (Å²) in [6.07, 6.45) is 11.1. The van der Waals surface area contributed by atoms with Crippen molar-refractivity contribution in [3.8, 4) is 11.3 Å². The molecule has 0 bridgehead atoms. The second kappa shape index (κ2) is 5.41. The monoisotopic (exact) mass is 344 g/mol. The summed E-state index contributed by atoms with van der Waals surface area (Å²) in [6.45, 7) is 0. The van der Waals surface area contributed by atoms with Gasteiger partial charge in [-0.05, 0) is 18.2 Å². The number of anilines is 2. The predicted molar refractivity (Wildman–Crippen MR) is 99.2 cm³/mol. The normalized spacial score (nSPS) is 11.5. The highest BCUT2D eigenvalue weighted by Gasteiger charge is 2.12. The van der Waals surface area contributed by atoms with Crippen molar-refractivity contribution in [1.29, 1.82) is 0 Å². The molecular formula is C18H16N8. The highest BCUT2D eigenvalue weighted by atomic mass is 15.2. The van der Waals surface area contributed by atoms with Crippen molar-refractivity contribution in [3.63, 3.8) is 0 Å². The molecule has 8 nitrogen and oxygen atoms in total. The number of imidazole rings is 2. The first kappa shape index (κ1) is 14.6. The second-order valence-electron chi connectivity index (χ2n) is 6.20. The van der Waals surface area contributed by atoms with Crippen molar-refractivity contribution in [3.05, 3.63) is 55.5 Å². The number of hydrogen-bond acceptors (Lipinski definition) is 5. The molecule has 0 aliphatic rings. The van der Waals surface area contributed by atoms with E-state index in [0.717, 1.165) is 33.6 Å². The van der Waals surface area contributed by atoms with Gasteiger partial charge in [-0.25, -0.2) is 15.0 Å². The summed E-state index contributed by atoms with van der Waals surface area (Å²) in [4.78, 5) is 13.4. The quantitative estimate of drug-likeness (QED) is 0.544. The van der Waals surface area contributed by atoms with E-state index in [1.807, 2.05) is 72.4 Å². The van der Waals surface area contributed by atoms with Crippen molar-refractivity contribution in [2.24, 2.45) is 14.1 Å². The first-order chi connectivity index (χ1) is 12.7. The molecule has 0 unspecified atom stereocenters. The van der Waals surface area contributed by atoms with E-state index < -0.39 is 0 Å². The Morgan fingerprint density at radius 1 is 1.04 bits per heavy atom. The molecule has 0 radical (unpaired) electrons. The van der Waals surface area contributed by atoms with Crippen LogP contribution in [0.4, 0.5) is 11.5 Å². The first-order valence-corrected chi connectivity index (χ1v) is 8.18. The molecule has 0 aliphatic carbocycles. The lowest BCUT2D eigenvalue weighted by Gasteiger charge is -2.07. The van der Waals surface area contributed by atoms with Crippen LogP contribution in [-0.2, 0) is 14.1 Å². The highest BCUT2D eigenvalue weighted by Crippen LogP contribution is 2.26. The van der Waals surface area contributed by atoms with Crippen molar-refractivity contribution in [1.82, 2.24) is 33.7 Å². The maximum absolute atomic E-state index is 4.55. The molecule has 128 valence electrons. The van der Waals surface area contributed by atoms with E-state index in [1.54, 1.807) is 10.9 Å². The van der Waals surface area contributed by atoms with Crippen LogP contribution in [-0.4, -0.2) is 33.7 Å². The molecule has 0 saturated carbocycles. The van der Waals surface area contributed by atoms with Gasteiger partial charge in [-0.15, -0.1) is 0 Å². The van der Waals surface area contributed by atoms with Crippen molar-refractivity contribution >= 4 is 28.2 Å². The Kier molecular flexibility index (Phi) is 3.05. The average Bonchev–Trinajstić information content (AvgIpc) is 3.34. The SMILES string of the molecule is Cn1cc(-c2cnc3c(Nc4ccc5c(c4)ncn5C)nccn23)cn1. The van der Waals surface area contributed by atoms with Crippen molar-refractivity contribution in [2.45, 2.75) is 0 Å². The number of aryl methyl sites for hydroxylation is 2. The molecule has 0 saturated heterocycles. The lowest BCUT2D eigenvalue weighted by Crippen LogP contribution is -1.98.